The van der Waals surface area contributed by atoms with E-state index in [0.717, 1.165) is 23.8 Å². The number of rotatable bonds is 7. The van der Waals surface area contributed by atoms with Crippen molar-refractivity contribution in [1.29, 1.82) is 0 Å². The second-order valence-corrected chi connectivity index (χ2v) is 6.42. The van der Waals surface area contributed by atoms with Crippen LogP contribution in [-0.4, -0.2) is 22.6 Å². The average molecular weight is 369 g/mol. The van der Waals surface area contributed by atoms with Crippen molar-refractivity contribution in [2.24, 2.45) is 0 Å². The van der Waals surface area contributed by atoms with Gasteiger partial charge in [0, 0.05) is 18.9 Å². The SMILES string of the molecule is CC(=O)NCCCCc1cc2c(/C=C/c3ccc(F)cc3)n[nH]c2cc1F. The van der Waals surface area contributed by atoms with E-state index >= 15 is 0 Å². The zero-order valence-electron chi connectivity index (χ0n) is 15.1. The molecule has 0 fully saturated rings. The van der Waals surface area contributed by atoms with Crippen molar-refractivity contribution < 1.29 is 13.6 Å². The smallest absolute Gasteiger partial charge is 0.216 e. The molecule has 2 aromatic carbocycles. The lowest BCUT2D eigenvalue weighted by Gasteiger charge is -2.05. The topological polar surface area (TPSA) is 57.8 Å². The van der Waals surface area contributed by atoms with E-state index in [1.165, 1.54) is 25.1 Å². The van der Waals surface area contributed by atoms with Crippen molar-refractivity contribution in [2.45, 2.75) is 26.2 Å². The molecular formula is C21H21F2N3O. The molecule has 6 heteroatoms. The zero-order chi connectivity index (χ0) is 19.2. The number of aromatic nitrogens is 2. The maximum Gasteiger partial charge on any atom is 0.216 e. The average Bonchev–Trinajstić information content (AvgIpc) is 3.02. The quantitative estimate of drug-likeness (QED) is 0.604. The van der Waals surface area contributed by atoms with Gasteiger partial charge in [-0.25, -0.2) is 8.78 Å². The highest BCUT2D eigenvalue weighted by Crippen LogP contribution is 2.23. The van der Waals surface area contributed by atoms with E-state index in [4.69, 9.17) is 0 Å². The van der Waals surface area contributed by atoms with Gasteiger partial charge in [0.25, 0.3) is 0 Å². The third kappa shape index (κ3) is 5.00. The van der Waals surface area contributed by atoms with Gasteiger partial charge in [0.1, 0.15) is 11.6 Å². The number of carbonyl (C=O) groups is 1. The Kier molecular flexibility index (Phi) is 5.96. The molecule has 1 amide bonds. The van der Waals surface area contributed by atoms with Crippen LogP contribution in [0.25, 0.3) is 23.1 Å². The number of carbonyl (C=O) groups excluding carboxylic acids is 1. The van der Waals surface area contributed by atoms with Crippen LogP contribution >= 0.6 is 0 Å². The fraction of sp³-hybridized carbons (Fsp3) is 0.238. The van der Waals surface area contributed by atoms with Gasteiger partial charge in [0.15, 0.2) is 0 Å². The Morgan fingerprint density at radius 1 is 1.15 bits per heavy atom. The summed E-state index contributed by atoms with van der Waals surface area (Å²) >= 11 is 0. The lowest BCUT2D eigenvalue weighted by molar-refractivity contribution is -0.118. The minimum Gasteiger partial charge on any atom is -0.356 e. The van der Waals surface area contributed by atoms with E-state index in [1.54, 1.807) is 12.1 Å². The van der Waals surface area contributed by atoms with Gasteiger partial charge in [-0.3, -0.25) is 9.89 Å². The summed E-state index contributed by atoms with van der Waals surface area (Å²) in [5.74, 6) is -0.602. The highest BCUT2D eigenvalue weighted by atomic mass is 19.1. The number of aromatic amines is 1. The normalized spacial score (nSPS) is 11.4. The van der Waals surface area contributed by atoms with Crippen LogP contribution in [0.15, 0.2) is 36.4 Å². The summed E-state index contributed by atoms with van der Waals surface area (Å²) in [5.41, 5.74) is 2.82. The third-order valence-corrected chi connectivity index (χ3v) is 4.31. The number of halogens is 2. The number of hydrogen-bond donors (Lipinski definition) is 2. The predicted octanol–water partition coefficient (Wildman–Crippen LogP) is 4.47. The van der Waals surface area contributed by atoms with E-state index < -0.39 is 0 Å². The number of unbranched alkanes of at least 4 members (excludes halogenated alkanes) is 1. The van der Waals surface area contributed by atoms with Crippen LogP contribution in [0, 0.1) is 11.6 Å². The van der Waals surface area contributed by atoms with Crippen molar-refractivity contribution in [3.8, 4) is 0 Å². The van der Waals surface area contributed by atoms with Gasteiger partial charge in [-0.2, -0.15) is 5.10 Å². The van der Waals surface area contributed by atoms with Crippen molar-refractivity contribution in [3.63, 3.8) is 0 Å². The van der Waals surface area contributed by atoms with Crippen molar-refractivity contribution >= 4 is 29.0 Å². The fourth-order valence-electron chi connectivity index (χ4n) is 2.88. The molecule has 0 atom stereocenters. The lowest BCUT2D eigenvalue weighted by Crippen LogP contribution is -2.20. The summed E-state index contributed by atoms with van der Waals surface area (Å²) in [6, 6.07) is 9.44. The molecule has 0 aliphatic heterocycles. The molecule has 0 radical (unpaired) electrons. The van der Waals surface area contributed by atoms with Crippen LogP contribution in [0.5, 0.6) is 0 Å². The van der Waals surface area contributed by atoms with Crippen LogP contribution < -0.4 is 5.32 Å². The maximum atomic E-state index is 14.3. The molecule has 0 aliphatic carbocycles. The van der Waals surface area contributed by atoms with E-state index in [0.29, 0.717) is 29.7 Å². The molecule has 2 N–H and O–H groups in total. The number of nitrogens with one attached hydrogen (secondary N) is 2. The van der Waals surface area contributed by atoms with Crippen LogP contribution in [0.2, 0.25) is 0 Å². The monoisotopic (exact) mass is 369 g/mol. The number of benzene rings is 2. The number of fused-ring (bicyclic) bond motifs is 1. The Morgan fingerprint density at radius 2 is 1.93 bits per heavy atom. The molecule has 0 spiro atoms. The van der Waals surface area contributed by atoms with Gasteiger partial charge in [-0.05, 0) is 60.7 Å². The number of nitrogens with zero attached hydrogens (tertiary/aromatic N) is 1. The van der Waals surface area contributed by atoms with Gasteiger partial charge in [-0.1, -0.05) is 18.2 Å². The molecular weight excluding hydrogens is 348 g/mol. The maximum absolute atomic E-state index is 14.3. The Labute approximate surface area is 156 Å². The van der Waals surface area contributed by atoms with Gasteiger partial charge in [0.05, 0.1) is 11.2 Å². The van der Waals surface area contributed by atoms with E-state index in [9.17, 15) is 13.6 Å². The minimum atomic E-state index is -0.281. The highest BCUT2D eigenvalue weighted by Gasteiger charge is 2.09. The largest absolute Gasteiger partial charge is 0.356 e. The second kappa shape index (κ2) is 8.58. The van der Waals surface area contributed by atoms with E-state index in [2.05, 4.69) is 15.5 Å². The Bertz CT molecular complexity index is 961. The van der Waals surface area contributed by atoms with Crippen LogP contribution in [0.1, 0.15) is 36.6 Å². The number of amides is 1. The number of aryl methyl sites for hydroxylation is 1. The molecule has 1 aromatic heterocycles. The molecule has 3 rings (SSSR count). The van der Waals surface area contributed by atoms with Crippen molar-refractivity contribution in [2.75, 3.05) is 6.54 Å². The Hall–Kier alpha value is -3.02. The first-order valence-corrected chi connectivity index (χ1v) is 8.87. The van der Waals surface area contributed by atoms with Crippen LogP contribution in [0.3, 0.4) is 0 Å². The number of H-pyrrole nitrogens is 1. The summed E-state index contributed by atoms with van der Waals surface area (Å²) in [6.07, 6.45) is 5.82. The predicted molar refractivity (Wildman–Crippen MR) is 103 cm³/mol. The summed E-state index contributed by atoms with van der Waals surface area (Å²) < 4.78 is 27.3. The Morgan fingerprint density at radius 3 is 2.67 bits per heavy atom. The standard InChI is InChI=1S/C21H21F2N3O/c1-14(27)24-11-3-2-4-16-12-18-20(25-26-21(18)13-19(16)23)10-7-15-5-8-17(22)9-6-15/h5-10,12-13H,2-4,11H2,1H3,(H,24,27)(H,25,26)/b10-7+. The van der Waals surface area contributed by atoms with E-state index in [1.807, 2.05) is 18.2 Å². The van der Waals surface area contributed by atoms with Crippen molar-refractivity contribution in [1.82, 2.24) is 15.5 Å². The molecule has 0 saturated heterocycles. The van der Waals surface area contributed by atoms with E-state index in [-0.39, 0.29) is 17.5 Å². The molecule has 0 saturated carbocycles. The van der Waals surface area contributed by atoms with Gasteiger partial charge >= 0.3 is 0 Å². The summed E-state index contributed by atoms with van der Waals surface area (Å²) in [4.78, 5) is 10.9. The van der Waals surface area contributed by atoms with Gasteiger partial charge < -0.3 is 5.32 Å². The zero-order valence-corrected chi connectivity index (χ0v) is 15.1. The first-order valence-electron chi connectivity index (χ1n) is 8.87. The molecule has 4 nitrogen and oxygen atoms in total. The lowest BCUT2D eigenvalue weighted by atomic mass is 10.0. The third-order valence-electron chi connectivity index (χ3n) is 4.31. The molecule has 3 aromatic rings. The molecule has 0 bridgehead atoms. The molecule has 140 valence electrons. The second-order valence-electron chi connectivity index (χ2n) is 6.42. The molecule has 0 unspecified atom stereocenters. The van der Waals surface area contributed by atoms with Crippen LogP contribution in [0.4, 0.5) is 8.78 Å². The Balaban J connectivity index is 1.73. The molecule has 0 aliphatic rings. The number of hydrogen-bond acceptors (Lipinski definition) is 2. The molecule has 1 heterocycles. The molecule has 27 heavy (non-hydrogen) atoms. The first-order chi connectivity index (χ1) is 13.0. The minimum absolute atomic E-state index is 0.0569. The summed E-state index contributed by atoms with van der Waals surface area (Å²) in [5, 5.41) is 10.7. The highest BCUT2D eigenvalue weighted by molar-refractivity contribution is 5.89. The summed E-state index contributed by atoms with van der Waals surface area (Å²) in [6.45, 7) is 2.07. The van der Waals surface area contributed by atoms with Crippen molar-refractivity contribution in [3.05, 3.63) is 64.9 Å². The van der Waals surface area contributed by atoms with Gasteiger partial charge in [-0.15, -0.1) is 0 Å². The first kappa shape index (κ1) is 18.8. The fourth-order valence-corrected chi connectivity index (χ4v) is 2.88. The van der Waals surface area contributed by atoms with Crippen LogP contribution in [-0.2, 0) is 11.2 Å². The van der Waals surface area contributed by atoms with Gasteiger partial charge in [0.2, 0.25) is 5.91 Å². The summed E-state index contributed by atoms with van der Waals surface area (Å²) in [7, 11) is 0.